The van der Waals surface area contributed by atoms with Crippen LogP contribution in [0.4, 0.5) is 5.69 Å². The van der Waals surface area contributed by atoms with Crippen molar-refractivity contribution in [3.63, 3.8) is 0 Å². The smallest absolute Gasteiger partial charge is 0.0564 e. The monoisotopic (exact) mass is 281 g/mol. The standard InChI is InChI=1S/C12H16BrN3/c1-15-5-9-7-16(8-10(9)6-15)12-2-11(13)3-14-4-12/h2-4,9-10H,5-8H2,1H3/t9-,10+. The van der Waals surface area contributed by atoms with Crippen LogP contribution >= 0.6 is 15.9 Å². The van der Waals surface area contributed by atoms with Gasteiger partial charge in [0.05, 0.1) is 11.9 Å². The van der Waals surface area contributed by atoms with E-state index < -0.39 is 0 Å². The number of hydrogen-bond donors (Lipinski definition) is 0. The van der Waals surface area contributed by atoms with Gasteiger partial charge >= 0.3 is 0 Å². The zero-order valence-corrected chi connectivity index (χ0v) is 11.0. The van der Waals surface area contributed by atoms with Crippen LogP contribution in [0.2, 0.25) is 0 Å². The molecule has 86 valence electrons. The highest BCUT2D eigenvalue weighted by Gasteiger charge is 2.38. The number of likely N-dealkylation sites (tertiary alicyclic amines) is 1. The maximum absolute atomic E-state index is 4.24. The second kappa shape index (κ2) is 4.00. The summed E-state index contributed by atoms with van der Waals surface area (Å²) in [6, 6.07) is 2.16. The fourth-order valence-electron chi connectivity index (χ4n) is 3.01. The maximum atomic E-state index is 4.24. The molecule has 0 spiro atoms. The fourth-order valence-corrected chi connectivity index (χ4v) is 3.36. The molecule has 16 heavy (non-hydrogen) atoms. The van der Waals surface area contributed by atoms with Crippen molar-refractivity contribution in [2.24, 2.45) is 11.8 Å². The van der Waals surface area contributed by atoms with Gasteiger partial charge in [-0.05, 0) is 40.9 Å². The molecule has 0 unspecified atom stereocenters. The van der Waals surface area contributed by atoms with Gasteiger partial charge in [-0.15, -0.1) is 0 Å². The lowest BCUT2D eigenvalue weighted by molar-refractivity contribution is 0.387. The third-order valence-electron chi connectivity index (χ3n) is 3.72. The molecule has 3 rings (SSSR count). The average molecular weight is 282 g/mol. The summed E-state index contributed by atoms with van der Waals surface area (Å²) in [7, 11) is 2.23. The molecule has 0 N–H and O–H groups in total. The molecule has 2 aliphatic heterocycles. The summed E-state index contributed by atoms with van der Waals surface area (Å²) in [4.78, 5) is 9.16. The number of fused-ring (bicyclic) bond motifs is 1. The lowest BCUT2D eigenvalue weighted by Gasteiger charge is -2.21. The van der Waals surface area contributed by atoms with Gasteiger partial charge in [-0.3, -0.25) is 4.98 Å². The van der Waals surface area contributed by atoms with Gasteiger partial charge in [0, 0.05) is 36.8 Å². The first-order chi connectivity index (χ1) is 7.72. The Balaban J connectivity index is 1.75. The molecule has 0 bridgehead atoms. The Labute approximate surface area is 105 Å². The summed E-state index contributed by atoms with van der Waals surface area (Å²) in [5, 5.41) is 0. The summed E-state index contributed by atoms with van der Waals surface area (Å²) in [5.41, 5.74) is 1.26. The highest BCUT2D eigenvalue weighted by molar-refractivity contribution is 9.10. The van der Waals surface area contributed by atoms with Crippen molar-refractivity contribution in [1.82, 2.24) is 9.88 Å². The normalized spacial score (nSPS) is 29.8. The molecule has 0 saturated carbocycles. The Morgan fingerprint density at radius 3 is 2.50 bits per heavy atom. The first-order valence-corrected chi connectivity index (χ1v) is 6.56. The Bertz CT molecular complexity index is 382. The van der Waals surface area contributed by atoms with E-state index in [0.29, 0.717) is 0 Å². The van der Waals surface area contributed by atoms with Gasteiger partial charge < -0.3 is 9.80 Å². The van der Waals surface area contributed by atoms with E-state index in [0.717, 1.165) is 16.3 Å². The summed E-state index contributed by atoms with van der Waals surface area (Å²) in [6.45, 7) is 4.88. The topological polar surface area (TPSA) is 19.4 Å². The minimum absolute atomic E-state index is 0.851. The van der Waals surface area contributed by atoms with Crippen LogP contribution in [0.15, 0.2) is 22.9 Å². The van der Waals surface area contributed by atoms with Crippen LogP contribution in [-0.4, -0.2) is 43.1 Å². The van der Waals surface area contributed by atoms with E-state index in [4.69, 9.17) is 0 Å². The Kier molecular flexibility index (Phi) is 2.64. The molecule has 1 aromatic rings. The second-order valence-corrected chi connectivity index (χ2v) is 5.92. The quantitative estimate of drug-likeness (QED) is 0.783. The van der Waals surface area contributed by atoms with E-state index in [1.807, 2.05) is 12.4 Å². The summed E-state index contributed by atoms with van der Waals surface area (Å²) in [5.74, 6) is 1.70. The van der Waals surface area contributed by atoms with Crippen molar-refractivity contribution < 1.29 is 0 Å². The first kappa shape index (κ1) is 10.5. The minimum atomic E-state index is 0.851. The molecule has 1 aromatic heterocycles. The van der Waals surface area contributed by atoms with Crippen molar-refractivity contribution in [2.75, 3.05) is 38.1 Å². The molecule has 2 fully saturated rings. The van der Waals surface area contributed by atoms with Crippen LogP contribution in [0.5, 0.6) is 0 Å². The van der Waals surface area contributed by atoms with Crippen LogP contribution in [0.3, 0.4) is 0 Å². The molecule has 0 aliphatic carbocycles. The van der Waals surface area contributed by atoms with Gasteiger partial charge in [-0.1, -0.05) is 0 Å². The van der Waals surface area contributed by atoms with E-state index in [2.05, 4.69) is 43.8 Å². The molecule has 2 atom stereocenters. The average Bonchev–Trinajstić information content (AvgIpc) is 2.74. The van der Waals surface area contributed by atoms with E-state index in [1.165, 1.54) is 31.9 Å². The minimum Gasteiger partial charge on any atom is -0.370 e. The Morgan fingerprint density at radius 2 is 1.88 bits per heavy atom. The van der Waals surface area contributed by atoms with Gasteiger partial charge in [0.2, 0.25) is 0 Å². The Morgan fingerprint density at radius 1 is 1.19 bits per heavy atom. The molecular formula is C12H16BrN3. The largest absolute Gasteiger partial charge is 0.370 e. The highest BCUT2D eigenvalue weighted by Crippen LogP contribution is 2.33. The van der Waals surface area contributed by atoms with E-state index >= 15 is 0 Å². The number of anilines is 1. The molecule has 2 aliphatic rings. The van der Waals surface area contributed by atoms with Crippen molar-refractivity contribution >= 4 is 21.6 Å². The van der Waals surface area contributed by atoms with E-state index in [-0.39, 0.29) is 0 Å². The van der Waals surface area contributed by atoms with Crippen molar-refractivity contribution in [2.45, 2.75) is 0 Å². The highest BCUT2D eigenvalue weighted by atomic mass is 79.9. The van der Waals surface area contributed by atoms with Crippen molar-refractivity contribution in [3.05, 3.63) is 22.9 Å². The number of halogens is 1. The predicted molar refractivity (Wildman–Crippen MR) is 68.6 cm³/mol. The lowest BCUT2D eigenvalue weighted by atomic mass is 10.0. The number of nitrogens with zero attached hydrogens (tertiary/aromatic N) is 3. The van der Waals surface area contributed by atoms with Gasteiger partial charge in [-0.25, -0.2) is 0 Å². The van der Waals surface area contributed by atoms with Crippen molar-refractivity contribution in [1.29, 1.82) is 0 Å². The van der Waals surface area contributed by atoms with Crippen molar-refractivity contribution in [3.8, 4) is 0 Å². The Hall–Kier alpha value is -0.610. The van der Waals surface area contributed by atoms with Gasteiger partial charge in [0.1, 0.15) is 0 Å². The second-order valence-electron chi connectivity index (χ2n) is 5.01. The summed E-state index contributed by atoms with van der Waals surface area (Å²) < 4.78 is 1.07. The van der Waals surface area contributed by atoms with Crippen LogP contribution < -0.4 is 4.90 Å². The molecule has 3 heterocycles. The van der Waals surface area contributed by atoms with Crippen LogP contribution in [0, 0.1) is 11.8 Å². The zero-order chi connectivity index (χ0) is 11.1. The third-order valence-corrected chi connectivity index (χ3v) is 4.16. The lowest BCUT2D eigenvalue weighted by Crippen LogP contribution is -2.26. The number of aromatic nitrogens is 1. The van der Waals surface area contributed by atoms with Gasteiger partial charge in [0.15, 0.2) is 0 Å². The van der Waals surface area contributed by atoms with Gasteiger partial charge in [0.25, 0.3) is 0 Å². The van der Waals surface area contributed by atoms with Crippen LogP contribution in [0.25, 0.3) is 0 Å². The molecule has 0 aromatic carbocycles. The zero-order valence-electron chi connectivity index (χ0n) is 9.43. The molecule has 4 heteroatoms. The number of pyridine rings is 1. The first-order valence-electron chi connectivity index (χ1n) is 5.76. The van der Waals surface area contributed by atoms with E-state index in [9.17, 15) is 0 Å². The summed E-state index contributed by atoms with van der Waals surface area (Å²) >= 11 is 3.48. The van der Waals surface area contributed by atoms with E-state index in [1.54, 1.807) is 0 Å². The molecule has 0 radical (unpaired) electrons. The molecule has 3 nitrogen and oxygen atoms in total. The molecule has 2 saturated heterocycles. The number of rotatable bonds is 1. The number of hydrogen-bond acceptors (Lipinski definition) is 3. The fraction of sp³-hybridized carbons (Fsp3) is 0.583. The SMILES string of the molecule is CN1C[C@@H]2CN(c3cncc(Br)c3)C[C@@H]2C1. The summed E-state index contributed by atoms with van der Waals surface area (Å²) in [6.07, 6.45) is 3.81. The molecule has 0 amide bonds. The maximum Gasteiger partial charge on any atom is 0.0564 e. The third kappa shape index (κ3) is 1.84. The van der Waals surface area contributed by atoms with Crippen LogP contribution in [-0.2, 0) is 0 Å². The van der Waals surface area contributed by atoms with Gasteiger partial charge in [-0.2, -0.15) is 0 Å². The molecular weight excluding hydrogens is 266 g/mol. The predicted octanol–water partition coefficient (Wildman–Crippen LogP) is 1.84. The van der Waals surface area contributed by atoms with Crippen LogP contribution in [0.1, 0.15) is 0 Å².